The number of rotatable bonds is 5. The van der Waals surface area contributed by atoms with E-state index in [2.05, 4.69) is 5.32 Å². The zero-order valence-electron chi connectivity index (χ0n) is 17.2. The number of carbonyl (C=O) groups is 3. The summed E-state index contributed by atoms with van der Waals surface area (Å²) in [5.41, 5.74) is 2.41. The molecule has 1 aliphatic heterocycles. The monoisotopic (exact) mass is 427 g/mol. The van der Waals surface area contributed by atoms with Gasteiger partial charge in [-0.3, -0.25) is 14.4 Å². The van der Waals surface area contributed by atoms with Crippen LogP contribution in [0.5, 0.6) is 0 Å². The summed E-state index contributed by atoms with van der Waals surface area (Å²) in [5.74, 6) is -0.530. The summed E-state index contributed by atoms with van der Waals surface area (Å²) in [5, 5.41) is 3.40. The molecule has 3 amide bonds. The Labute approximate surface area is 181 Å². The summed E-state index contributed by atoms with van der Waals surface area (Å²) in [4.78, 5) is 40.8. The SMILES string of the molecule is Cc1ccc(NC(=O)CN(C)C(=O)C2CCN(C(=O)c3ccc(Cl)cc3)CC2)cc1. The van der Waals surface area contributed by atoms with Gasteiger partial charge in [0.25, 0.3) is 5.91 Å². The van der Waals surface area contributed by atoms with E-state index in [1.807, 2.05) is 31.2 Å². The lowest BCUT2D eigenvalue weighted by Crippen LogP contribution is -2.45. The quantitative estimate of drug-likeness (QED) is 0.792. The molecule has 1 N–H and O–H groups in total. The van der Waals surface area contributed by atoms with Gasteiger partial charge in [-0.05, 0) is 56.2 Å². The fourth-order valence-electron chi connectivity index (χ4n) is 3.55. The number of benzene rings is 2. The van der Waals surface area contributed by atoms with Crippen molar-refractivity contribution in [3.05, 3.63) is 64.7 Å². The van der Waals surface area contributed by atoms with Gasteiger partial charge >= 0.3 is 0 Å². The van der Waals surface area contributed by atoms with Crippen molar-refractivity contribution in [1.82, 2.24) is 9.80 Å². The topological polar surface area (TPSA) is 69.7 Å². The zero-order chi connectivity index (χ0) is 21.7. The van der Waals surface area contributed by atoms with Crippen LogP contribution in [-0.2, 0) is 9.59 Å². The van der Waals surface area contributed by atoms with Crippen LogP contribution in [0.1, 0.15) is 28.8 Å². The molecule has 30 heavy (non-hydrogen) atoms. The Morgan fingerprint density at radius 1 is 1.03 bits per heavy atom. The van der Waals surface area contributed by atoms with Crippen LogP contribution < -0.4 is 5.32 Å². The molecule has 1 aliphatic rings. The van der Waals surface area contributed by atoms with Crippen LogP contribution in [0.15, 0.2) is 48.5 Å². The van der Waals surface area contributed by atoms with Gasteiger partial charge in [-0.1, -0.05) is 29.3 Å². The maximum Gasteiger partial charge on any atom is 0.253 e. The van der Waals surface area contributed by atoms with E-state index >= 15 is 0 Å². The van der Waals surface area contributed by atoms with Crippen molar-refractivity contribution in [2.75, 3.05) is 32.0 Å². The third-order valence-corrected chi connectivity index (χ3v) is 5.57. The fraction of sp³-hybridized carbons (Fsp3) is 0.348. The van der Waals surface area contributed by atoms with Crippen molar-refractivity contribution in [2.24, 2.45) is 5.92 Å². The first-order valence-corrected chi connectivity index (χ1v) is 10.4. The van der Waals surface area contributed by atoms with Crippen molar-refractivity contribution in [1.29, 1.82) is 0 Å². The van der Waals surface area contributed by atoms with Gasteiger partial charge < -0.3 is 15.1 Å². The predicted octanol–water partition coefficient (Wildman–Crippen LogP) is 3.60. The van der Waals surface area contributed by atoms with E-state index in [-0.39, 0.29) is 30.2 Å². The number of nitrogens with one attached hydrogen (secondary N) is 1. The number of carbonyl (C=O) groups excluding carboxylic acids is 3. The molecule has 6 nitrogen and oxygen atoms in total. The molecule has 2 aromatic rings. The van der Waals surface area contributed by atoms with Crippen molar-refractivity contribution >= 4 is 35.0 Å². The number of nitrogens with zero attached hydrogens (tertiary/aromatic N) is 2. The van der Waals surface area contributed by atoms with Gasteiger partial charge in [-0.15, -0.1) is 0 Å². The second-order valence-corrected chi connectivity index (χ2v) is 8.12. The Hall–Kier alpha value is -2.86. The third-order valence-electron chi connectivity index (χ3n) is 5.31. The minimum absolute atomic E-state index is 0.00334. The third kappa shape index (κ3) is 5.60. The highest BCUT2D eigenvalue weighted by atomic mass is 35.5. The van der Waals surface area contributed by atoms with Crippen LogP contribution in [0.2, 0.25) is 5.02 Å². The molecule has 7 heteroatoms. The first-order chi connectivity index (χ1) is 14.3. The summed E-state index contributed by atoms with van der Waals surface area (Å²) < 4.78 is 0. The van der Waals surface area contributed by atoms with Crippen molar-refractivity contribution in [2.45, 2.75) is 19.8 Å². The number of hydrogen-bond acceptors (Lipinski definition) is 3. The molecule has 0 spiro atoms. The first kappa shape index (κ1) is 21.8. The van der Waals surface area contributed by atoms with Gasteiger partial charge in [-0.25, -0.2) is 0 Å². The number of anilines is 1. The second-order valence-electron chi connectivity index (χ2n) is 7.68. The van der Waals surface area contributed by atoms with Gasteiger partial charge in [0, 0.05) is 42.3 Å². The van der Waals surface area contributed by atoms with Crippen molar-refractivity contribution < 1.29 is 14.4 Å². The summed E-state index contributed by atoms with van der Waals surface area (Å²) in [6, 6.07) is 14.3. The van der Waals surface area contributed by atoms with Crippen LogP contribution in [0.25, 0.3) is 0 Å². The molecular formula is C23H26ClN3O3. The highest BCUT2D eigenvalue weighted by Gasteiger charge is 2.30. The Morgan fingerprint density at radius 2 is 1.63 bits per heavy atom. The van der Waals surface area contributed by atoms with E-state index in [0.29, 0.717) is 42.2 Å². The van der Waals surface area contributed by atoms with Gasteiger partial charge in [0.05, 0.1) is 6.54 Å². The Morgan fingerprint density at radius 3 is 2.23 bits per heavy atom. The summed E-state index contributed by atoms with van der Waals surface area (Å²) >= 11 is 5.88. The number of hydrogen-bond donors (Lipinski definition) is 1. The lowest BCUT2D eigenvalue weighted by atomic mass is 9.95. The molecule has 1 fully saturated rings. The lowest BCUT2D eigenvalue weighted by molar-refractivity contribution is -0.138. The van der Waals surface area contributed by atoms with Crippen molar-refractivity contribution in [3.63, 3.8) is 0 Å². The lowest BCUT2D eigenvalue weighted by Gasteiger charge is -2.33. The molecule has 0 atom stereocenters. The normalized spacial score (nSPS) is 14.3. The zero-order valence-corrected chi connectivity index (χ0v) is 18.0. The van der Waals surface area contributed by atoms with Crippen LogP contribution in [0.4, 0.5) is 5.69 Å². The number of likely N-dealkylation sites (N-methyl/N-ethyl adjacent to an activating group) is 1. The first-order valence-electron chi connectivity index (χ1n) is 10.00. The van der Waals surface area contributed by atoms with E-state index in [1.165, 1.54) is 4.90 Å². The van der Waals surface area contributed by atoms with E-state index in [9.17, 15) is 14.4 Å². The molecule has 3 rings (SSSR count). The van der Waals surface area contributed by atoms with Crippen LogP contribution in [0.3, 0.4) is 0 Å². The molecule has 0 aromatic heterocycles. The standard InChI is InChI=1S/C23H26ClN3O3/c1-16-3-9-20(10-4-16)25-21(28)15-26(2)22(29)18-11-13-27(14-12-18)23(30)17-5-7-19(24)8-6-17/h3-10,18H,11-15H2,1-2H3,(H,25,28). The van der Waals surface area contributed by atoms with Crippen LogP contribution >= 0.6 is 11.6 Å². The highest BCUT2D eigenvalue weighted by molar-refractivity contribution is 6.30. The maximum atomic E-state index is 12.7. The molecule has 2 aromatic carbocycles. The van der Waals surface area contributed by atoms with Gasteiger partial charge in [0.15, 0.2) is 0 Å². The van der Waals surface area contributed by atoms with E-state index in [0.717, 1.165) is 5.56 Å². The van der Waals surface area contributed by atoms with E-state index in [4.69, 9.17) is 11.6 Å². The van der Waals surface area contributed by atoms with Gasteiger partial charge in [-0.2, -0.15) is 0 Å². The molecule has 0 aliphatic carbocycles. The number of halogens is 1. The highest BCUT2D eigenvalue weighted by Crippen LogP contribution is 2.21. The maximum absolute atomic E-state index is 12.7. The molecule has 1 saturated heterocycles. The van der Waals surface area contributed by atoms with Crippen molar-refractivity contribution in [3.8, 4) is 0 Å². The molecule has 0 bridgehead atoms. The van der Waals surface area contributed by atoms with Crippen LogP contribution in [0, 0.1) is 12.8 Å². The number of amides is 3. The van der Waals surface area contributed by atoms with Crippen LogP contribution in [-0.4, -0.2) is 54.2 Å². The van der Waals surface area contributed by atoms with Gasteiger partial charge in [0.2, 0.25) is 11.8 Å². The Bertz CT molecular complexity index is 904. The summed E-state index contributed by atoms with van der Waals surface area (Å²) in [6.07, 6.45) is 1.17. The molecular weight excluding hydrogens is 402 g/mol. The molecule has 0 saturated carbocycles. The number of piperidine rings is 1. The van der Waals surface area contributed by atoms with E-state index < -0.39 is 0 Å². The summed E-state index contributed by atoms with van der Waals surface area (Å²) in [6.45, 7) is 3.01. The molecule has 1 heterocycles. The second kappa shape index (κ2) is 9.76. The van der Waals surface area contributed by atoms with Gasteiger partial charge in [0.1, 0.15) is 0 Å². The minimum Gasteiger partial charge on any atom is -0.339 e. The number of aryl methyl sites for hydroxylation is 1. The van der Waals surface area contributed by atoms with E-state index in [1.54, 1.807) is 36.2 Å². The fourth-order valence-corrected chi connectivity index (χ4v) is 3.67. The molecule has 158 valence electrons. The molecule has 0 radical (unpaired) electrons. The number of likely N-dealkylation sites (tertiary alicyclic amines) is 1. The Balaban J connectivity index is 1.48. The minimum atomic E-state index is -0.231. The predicted molar refractivity (Wildman–Crippen MR) is 118 cm³/mol. The average Bonchev–Trinajstić information content (AvgIpc) is 2.75. The smallest absolute Gasteiger partial charge is 0.253 e. The summed E-state index contributed by atoms with van der Waals surface area (Å²) in [7, 11) is 1.64. The largest absolute Gasteiger partial charge is 0.339 e. The average molecular weight is 428 g/mol. The Kier molecular flexibility index (Phi) is 7.11. The molecule has 0 unspecified atom stereocenters.